The number of carbonyl (C=O) groups excluding carboxylic acids is 3. The van der Waals surface area contributed by atoms with E-state index in [4.69, 9.17) is 21.1 Å². The van der Waals surface area contributed by atoms with E-state index in [1.807, 2.05) is 0 Å². The van der Waals surface area contributed by atoms with E-state index >= 15 is 0 Å². The summed E-state index contributed by atoms with van der Waals surface area (Å²) in [5.41, 5.74) is 1.38. The predicted molar refractivity (Wildman–Crippen MR) is 102 cm³/mol. The van der Waals surface area contributed by atoms with Crippen LogP contribution in [0.1, 0.15) is 15.9 Å². The Labute approximate surface area is 165 Å². The van der Waals surface area contributed by atoms with Crippen molar-refractivity contribution in [2.24, 2.45) is 0 Å². The molecule has 0 fully saturated rings. The van der Waals surface area contributed by atoms with Crippen LogP contribution in [0.2, 0.25) is 5.02 Å². The zero-order valence-corrected chi connectivity index (χ0v) is 15.6. The van der Waals surface area contributed by atoms with Gasteiger partial charge < -0.3 is 19.5 Å². The van der Waals surface area contributed by atoms with Gasteiger partial charge in [-0.2, -0.15) is 0 Å². The summed E-state index contributed by atoms with van der Waals surface area (Å²) < 4.78 is 15.2. The van der Waals surface area contributed by atoms with Gasteiger partial charge >= 0.3 is 11.9 Å². The van der Waals surface area contributed by atoms with Crippen LogP contribution in [-0.4, -0.2) is 38.2 Å². The van der Waals surface area contributed by atoms with Gasteiger partial charge in [-0.05, 0) is 36.4 Å². The first-order chi connectivity index (χ1) is 13.5. The van der Waals surface area contributed by atoms with Crippen molar-refractivity contribution in [2.45, 2.75) is 0 Å². The average Bonchev–Trinajstić information content (AvgIpc) is 2.71. The first-order valence-corrected chi connectivity index (χ1v) is 8.63. The first kappa shape index (κ1) is 19.4. The van der Waals surface area contributed by atoms with Gasteiger partial charge in [-0.3, -0.25) is 4.79 Å². The molecule has 2 aromatic rings. The molecule has 0 bridgehead atoms. The van der Waals surface area contributed by atoms with Crippen molar-refractivity contribution in [2.75, 3.05) is 25.6 Å². The number of benzene rings is 2. The highest BCUT2D eigenvalue weighted by Gasteiger charge is 2.20. The van der Waals surface area contributed by atoms with Crippen LogP contribution in [0.15, 0.2) is 48.0 Å². The molecule has 0 unspecified atom stereocenters. The normalized spacial score (nSPS) is 12.1. The Morgan fingerprint density at radius 3 is 2.71 bits per heavy atom. The molecule has 1 aliphatic rings. The molecule has 1 amide bonds. The molecule has 0 saturated carbocycles. The number of rotatable bonds is 5. The Balaban J connectivity index is 1.61. The van der Waals surface area contributed by atoms with Gasteiger partial charge in [0.25, 0.3) is 5.91 Å². The van der Waals surface area contributed by atoms with Crippen molar-refractivity contribution in [3.8, 4) is 5.75 Å². The molecule has 28 heavy (non-hydrogen) atoms. The fourth-order valence-corrected chi connectivity index (χ4v) is 2.74. The summed E-state index contributed by atoms with van der Waals surface area (Å²) in [6.45, 7) is -0.492. The number of ether oxygens (including phenoxy) is 3. The summed E-state index contributed by atoms with van der Waals surface area (Å²) in [5, 5.41) is 3.03. The van der Waals surface area contributed by atoms with Gasteiger partial charge in [0.1, 0.15) is 12.4 Å². The Bertz CT molecular complexity index is 969. The summed E-state index contributed by atoms with van der Waals surface area (Å²) in [6, 6.07) is 11.4. The predicted octanol–water partition coefficient (Wildman–Crippen LogP) is 3.08. The highest BCUT2D eigenvalue weighted by atomic mass is 35.5. The van der Waals surface area contributed by atoms with Crippen LogP contribution < -0.4 is 10.1 Å². The summed E-state index contributed by atoms with van der Waals surface area (Å²) in [4.78, 5) is 36.0. The second-order valence-corrected chi connectivity index (χ2v) is 6.24. The van der Waals surface area contributed by atoms with Gasteiger partial charge in [0.2, 0.25) is 0 Å². The van der Waals surface area contributed by atoms with Gasteiger partial charge in [0.15, 0.2) is 6.61 Å². The van der Waals surface area contributed by atoms with Crippen LogP contribution >= 0.6 is 11.6 Å². The van der Waals surface area contributed by atoms with E-state index in [9.17, 15) is 14.4 Å². The van der Waals surface area contributed by atoms with Gasteiger partial charge in [0, 0.05) is 10.6 Å². The third-order valence-electron chi connectivity index (χ3n) is 3.89. The number of carbonyl (C=O) groups is 3. The summed E-state index contributed by atoms with van der Waals surface area (Å²) >= 11 is 5.94. The molecule has 7 nitrogen and oxygen atoms in total. The monoisotopic (exact) mass is 401 g/mol. The lowest BCUT2D eigenvalue weighted by Gasteiger charge is -2.17. The highest BCUT2D eigenvalue weighted by molar-refractivity contribution is 6.30. The van der Waals surface area contributed by atoms with Crippen molar-refractivity contribution in [1.82, 2.24) is 0 Å². The standard InChI is InChI=1S/C20H16ClNO6/c1-26-20(25)15-4-2-3-5-16(15)22-18(23)11-28-19(24)13-8-12-9-14(21)6-7-17(12)27-10-13/h2-9H,10-11H2,1H3,(H,22,23). The zero-order valence-electron chi connectivity index (χ0n) is 14.9. The molecule has 3 rings (SSSR count). The molecule has 0 spiro atoms. The maximum Gasteiger partial charge on any atom is 0.339 e. The number of methoxy groups -OCH3 is 1. The Hall–Kier alpha value is -3.32. The lowest BCUT2D eigenvalue weighted by atomic mass is 10.1. The van der Waals surface area contributed by atoms with E-state index in [0.717, 1.165) is 0 Å². The number of esters is 2. The summed E-state index contributed by atoms with van der Waals surface area (Å²) in [5.74, 6) is -1.25. The number of hydrogen-bond acceptors (Lipinski definition) is 6. The minimum Gasteiger partial charge on any atom is -0.488 e. The zero-order chi connectivity index (χ0) is 20.1. The van der Waals surface area contributed by atoms with Crippen molar-refractivity contribution in [3.05, 3.63) is 64.2 Å². The Kier molecular flexibility index (Phi) is 5.96. The van der Waals surface area contributed by atoms with Crippen LogP contribution in [0.25, 0.3) is 6.08 Å². The largest absolute Gasteiger partial charge is 0.488 e. The number of fused-ring (bicyclic) bond motifs is 1. The van der Waals surface area contributed by atoms with Crippen molar-refractivity contribution in [1.29, 1.82) is 0 Å². The van der Waals surface area contributed by atoms with Crippen LogP contribution in [0.4, 0.5) is 5.69 Å². The molecule has 144 valence electrons. The van der Waals surface area contributed by atoms with E-state index in [-0.39, 0.29) is 23.4 Å². The molecule has 1 aliphatic heterocycles. The summed E-state index contributed by atoms with van der Waals surface area (Å²) in [6.07, 6.45) is 1.61. The molecule has 0 atom stereocenters. The molecule has 0 radical (unpaired) electrons. The van der Waals surface area contributed by atoms with E-state index in [0.29, 0.717) is 16.3 Å². The van der Waals surface area contributed by atoms with E-state index in [2.05, 4.69) is 10.1 Å². The van der Waals surface area contributed by atoms with Crippen molar-refractivity contribution >= 4 is 41.2 Å². The average molecular weight is 402 g/mol. The maximum atomic E-state index is 12.2. The van der Waals surface area contributed by atoms with E-state index in [1.54, 1.807) is 42.5 Å². The molecule has 1 heterocycles. The minimum absolute atomic E-state index is 0.0280. The quantitative estimate of drug-likeness (QED) is 0.774. The molecular formula is C20H16ClNO6. The highest BCUT2D eigenvalue weighted by Crippen LogP contribution is 2.29. The molecule has 8 heteroatoms. The van der Waals surface area contributed by atoms with Gasteiger partial charge in [0.05, 0.1) is 23.9 Å². The molecule has 0 saturated heterocycles. The Morgan fingerprint density at radius 2 is 1.93 bits per heavy atom. The van der Waals surface area contributed by atoms with E-state index in [1.165, 1.54) is 13.2 Å². The topological polar surface area (TPSA) is 90.9 Å². The molecule has 2 aromatic carbocycles. The number of amides is 1. The molecule has 0 aliphatic carbocycles. The second kappa shape index (κ2) is 8.58. The van der Waals surface area contributed by atoms with Gasteiger partial charge in [-0.1, -0.05) is 23.7 Å². The first-order valence-electron chi connectivity index (χ1n) is 8.25. The van der Waals surface area contributed by atoms with Crippen LogP contribution in [0, 0.1) is 0 Å². The third-order valence-corrected chi connectivity index (χ3v) is 4.12. The van der Waals surface area contributed by atoms with Crippen molar-refractivity contribution in [3.63, 3.8) is 0 Å². The summed E-state index contributed by atoms with van der Waals surface area (Å²) in [7, 11) is 1.24. The third kappa shape index (κ3) is 4.50. The number of halogens is 1. The van der Waals surface area contributed by atoms with Crippen LogP contribution in [0.3, 0.4) is 0 Å². The smallest absolute Gasteiger partial charge is 0.339 e. The number of para-hydroxylation sites is 1. The lowest BCUT2D eigenvalue weighted by Crippen LogP contribution is -2.24. The van der Waals surface area contributed by atoms with Crippen LogP contribution in [0.5, 0.6) is 5.75 Å². The van der Waals surface area contributed by atoms with Crippen molar-refractivity contribution < 1.29 is 28.6 Å². The second-order valence-electron chi connectivity index (χ2n) is 5.80. The Morgan fingerprint density at radius 1 is 1.14 bits per heavy atom. The number of anilines is 1. The molecule has 1 N–H and O–H groups in total. The number of hydrogen-bond donors (Lipinski definition) is 1. The van der Waals surface area contributed by atoms with Crippen LogP contribution in [-0.2, 0) is 19.1 Å². The fourth-order valence-electron chi connectivity index (χ4n) is 2.56. The SMILES string of the molecule is COC(=O)c1ccccc1NC(=O)COC(=O)C1=Cc2cc(Cl)ccc2OC1. The fraction of sp³-hybridized carbons (Fsp3) is 0.150. The molecular weight excluding hydrogens is 386 g/mol. The van der Waals surface area contributed by atoms with Gasteiger partial charge in [-0.15, -0.1) is 0 Å². The number of nitrogens with one attached hydrogen (secondary N) is 1. The minimum atomic E-state index is -0.679. The molecule has 0 aromatic heterocycles. The van der Waals surface area contributed by atoms with E-state index < -0.39 is 24.5 Å². The van der Waals surface area contributed by atoms with Gasteiger partial charge in [-0.25, -0.2) is 9.59 Å². The maximum absolute atomic E-state index is 12.2. The lowest BCUT2D eigenvalue weighted by molar-refractivity contribution is -0.143.